The maximum absolute atomic E-state index is 10.3. The van der Waals surface area contributed by atoms with Gasteiger partial charge in [-0.2, -0.15) is 0 Å². The summed E-state index contributed by atoms with van der Waals surface area (Å²) >= 11 is 6.64. The number of pyridine rings is 1. The van der Waals surface area contributed by atoms with Crippen LogP contribution in [-0.2, 0) is 11.3 Å². The molecule has 3 heterocycles. The normalized spacial score (nSPS) is 22.8. The first kappa shape index (κ1) is 21.5. The lowest BCUT2D eigenvalue weighted by atomic mass is 9.75. The third kappa shape index (κ3) is 6.12. The first-order chi connectivity index (χ1) is 13.6. The van der Waals surface area contributed by atoms with Crippen molar-refractivity contribution < 1.29 is 9.94 Å². The molecule has 2 saturated heterocycles. The fourth-order valence-electron chi connectivity index (χ4n) is 3.91. The van der Waals surface area contributed by atoms with Gasteiger partial charge in [0.25, 0.3) is 0 Å². The van der Waals surface area contributed by atoms with E-state index in [9.17, 15) is 5.11 Å². The van der Waals surface area contributed by atoms with Crippen molar-refractivity contribution in [2.75, 3.05) is 59.5 Å². The van der Waals surface area contributed by atoms with E-state index < -0.39 is 6.10 Å². The highest BCUT2D eigenvalue weighted by Gasteiger charge is 2.37. The van der Waals surface area contributed by atoms with Crippen molar-refractivity contribution in [3.05, 3.63) is 30.1 Å². The molecule has 0 spiro atoms. The van der Waals surface area contributed by atoms with E-state index in [0.29, 0.717) is 11.7 Å². The Bertz CT molecular complexity index is 616. The van der Waals surface area contributed by atoms with E-state index in [1.165, 1.54) is 0 Å². The number of aromatic nitrogens is 1. The molecule has 1 aromatic heterocycles. The van der Waals surface area contributed by atoms with Crippen LogP contribution in [-0.4, -0.2) is 90.6 Å². The first-order valence-electron chi connectivity index (χ1n) is 10.1. The number of hydrogen-bond acceptors (Lipinski definition) is 7. The van der Waals surface area contributed by atoms with Gasteiger partial charge in [0.05, 0.1) is 0 Å². The first-order valence-corrected chi connectivity index (χ1v) is 10.5. The molecule has 2 fully saturated rings. The molecule has 156 valence electrons. The second-order valence-corrected chi connectivity index (χ2v) is 8.36. The lowest BCUT2D eigenvalue weighted by molar-refractivity contribution is 0.0101. The van der Waals surface area contributed by atoms with Crippen LogP contribution in [0.3, 0.4) is 0 Å². The number of likely N-dealkylation sites (N-methyl/N-ethyl adjacent to an activating group) is 1. The van der Waals surface area contributed by atoms with Gasteiger partial charge < -0.3 is 20.2 Å². The number of oxime groups is 1. The van der Waals surface area contributed by atoms with Crippen molar-refractivity contribution in [1.82, 2.24) is 20.1 Å². The standard InChI is InChI=1S/C20H32ClN5O2/c1-25-9-11-26(12-10-25)15-18(27)16-28-24-19(21)20(4-7-22-8-5-20)13-17-3-2-6-23-14-17/h2-3,6,14,18,22,27H,4-5,7-13,15-16H2,1H3/b24-19-. The minimum Gasteiger partial charge on any atom is -0.392 e. The van der Waals surface area contributed by atoms with E-state index in [0.717, 1.165) is 64.1 Å². The zero-order chi connectivity index (χ0) is 19.8. The van der Waals surface area contributed by atoms with Gasteiger partial charge in [-0.05, 0) is 51.0 Å². The molecule has 1 atom stereocenters. The smallest absolute Gasteiger partial charge is 0.152 e. The van der Waals surface area contributed by atoms with E-state index in [2.05, 4.69) is 38.4 Å². The molecule has 3 rings (SSSR count). The summed E-state index contributed by atoms with van der Waals surface area (Å²) in [5, 5.41) is 18.4. The van der Waals surface area contributed by atoms with E-state index in [1.807, 2.05) is 12.3 Å². The lowest BCUT2D eigenvalue weighted by Gasteiger charge is -2.36. The number of piperazine rings is 1. The van der Waals surface area contributed by atoms with E-state index >= 15 is 0 Å². The van der Waals surface area contributed by atoms with E-state index in [-0.39, 0.29) is 12.0 Å². The molecular weight excluding hydrogens is 378 g/mol. The van der Waals surface area contributed by atoms with Crippen LogP contribution in [0.25, 0.3) is 0 Å². The summed E-state index contributed by atoms with van der Waals surface area (Å²) in [5.41, 5.74) is 0.908. The number of piperidine rings is 1. The van der Waals surface area contributed by atoms with Crippen LogP contribution < -0.4 is 5.32 Å². The summed E-state index contributed by atoms with van der Waals surface area (Å²) in [6.07, 6.45) is 5.68. The van der Waals surface area contributed by atoms with Gasteiger partial charge in [0.15, 0.2) is 5.17 Å². The number of rotatable bonds is 8. The van der Waals surface area contributed by atoms with E-state index in [4.69, 9.17) is 16.4 Å². The average Bonchev–Trinajstić information content (AvgIpc) is 2.71. The van der Waals surface area contributed by atoms with Crippen molar-refractivity contribution in [3.8, 4) is 0 Å². The third-order valence-corrected chi connectivity index (χ3v) is 6.21. The number of aliphatic hydroxyl groups excluding tert-OH is 1. The van der Waals surface area contributed by atoms with E-state index in [1.54, 1.807) is 6.20 Å². The maximum atomic E-state index is 10.3. The minimum atomic E-state index is -0.570. The summed E-state index contributed by atoms with van der Waals surface area (Å²) in [6, 6.07) is 4.02. The molecule has 2 N–H and O–H groups in total. The van der Waals surface area contributed by atoms with Gasteiger partial charge in [-0.15, -0.1) is 0 Å². The monoisotopic (exact) mass is 409 g/mol. The molecule has 0 saturated carbocycles. The van der Waals surface area contributed by atoms with Gasteiger partial charge in [0, 0.05) is 50.5 Å². The minimum absolute atomic E-state index is 0.157. The fourth-order valence-corrected chi connectivity index (χ4v) is 4.22. The molecule has 7 nitrogen and oxygen atoms in total. The Labute approximate surface area is 172 Å². The van der Waals surface area contributed by atoms with Crippen LogP contribution in [0.15, 0.2) is 29.7 Å². The SMILES string of the molecule is CN1CCN(CC(O)CO/N=C(\Cl)C2(Cc3cccnc3)CCNCC2)CC1. The summed E-state index contributed by atoms with van der Waals surface area (Å²) in [4.78, 5) is 14.2. The molecule has 1 aromatic rings. The largest absolute Gasteiger partial charge is 0.392 e. The summed E-state index contributed by atoms with van der Waals surface area (Å²) in [6.45, 7) is 6.56. The molecule has 8 heteroatoms. The molecule has 0 bridgehead atoms. The van der Waals surface area contributed by atoms with Gasteiger partial charge >= 0.3 is 0 Å². The molecule has 0 amide bonds. The number of nitrogens with zero attached hydrogens (tertiary/aromatic N) is 4. The third-order valence-electron chi connectivity index (χ3n) is 5.74. The zero-order valence-corrected chi connectivity index (χ0v) is 17.4. The van der Waals surface area contributed by atoms with Gasteiger partial charge in [-0.25, -0.2) is 0 Å². The molecule has 28 heavy (non-hydrogen) atoms. The van der Waals surface area contributed by atoms with Crippen LogP contribution in [0.4, 0.5) is 0 Å². The van der Waals surface area contributed by atoms with Crippen molar-refractivity contribution in [1.29, 1.82) is 0 Å². The summed E-state index contributed by atoms with van der Waals surface area (Å²) in [5.74, 6) is 0. The van der Waals surface area contributed by atoms with Crippen LogP contribution >= 0.6 is 11.6 Å². The summed E-state index contributed by atoms with van der Waals surface area (Å²) < 4.78 is 0. The summed E-state index contributed by atoms with van der Waals surface area (Å²) in [7, 11) is 2.12. The van der Waals surface area contributed by atoms with Gasteiger partial charge in [0.1, 0.15) is 12.7 Å². The Morgan fingerprint density at radius 1 is 1.36 bits per heavy atom. The number of β-amino-alcohol motifs (C(OH)–C–C–N with tert-alkyl or cyclic N) is 1. The highest BCUT2D eigenvalue weighted by molar-refractivity contribution is 6.66. The molecule has 2 aliphatic rings. The van der Waals surface area contributed by atoms with Gasteiger partial charge in [-0.1, -0.05) is 22.8 Å². The van der Waals surface area contributed by atoms with Crippen LogP contribution in [0, 0.1) is 5.41 Å². The average molecular weight is 410 g/mol. The quantitative estimate of drug-likeness (QED) is 0.496. The second kappa shape index (κ2) is 10.5. The van der Waals surface area contributed by atoms with Crippen molar-refractivity contribution in [3.63, 3.8) is 0 Å². The zero-order valence-electron chi connectivity index (χ0n) is 16.7. The van der Waals surface area contributed by atoms with Crippen molar-refractivity contribution in [2.24, 2.45) is 10.6 Å². The fraction of sp³-hybridized carbons (Fsp3) is 0.700. The maximum Gasteiger partial charge on any atom is 0.152 e. The van der Waals surface area contributed by atoms with Gasteiger partial charge in [-0.3, -0.25) is 9.88 Å². The Balaban J connectivity index is 1.53. The molecular formula is C20H32ClN5O2. The molecule has 2 aliphatic heterocycles. The van der Waals surface area contributed by atoms with Crippen molar-refractivity contribution >= 4 is 16.8 Å². The Kier molecular flexibility index (Phi) is 8.05. The molecule has 0 radical (unpaired) electrons. The Morgan fingerprint density at radius 2 is 2.11 bits per heavy atom. The predicted octanol–water partition coefficient (Wildman–Crippen LogP) is 1.17. The number of nitrogens with one attached hydrogen (secondary N) is 1. The molecule has 0 aliphatic carbocycles. The highest BCUT2D eigenvalue weighted by atomic mass is 35.5. The predicted molar refractivity (Wildman–Crippen MR) is 112 cm³/mol. The van der Waals surface area contributed by atoms with Gasteiger partial charge in [0.2, 0.25) is 0 Å². The highest BCUT2D eigenvalue weighted by Crippen LogP contribution is 2.36. The number of halogens is 1. The van der Waals surface area contributed by atoms with Crippen LogP contribution in [0.2, 0.25) is 0 Å². The van der Waals surface area contributed by atoms with Crippen LogP contribution in [0.5, 0.6) is 0 Å². The van der Waals surface area contributed by atoms with Crippen LogP contribution in [0.1, 0.15) is 18.4 Å². The number of hydrogen-bond donors (Lipinski definition) is 2. The second-order valence-electron chi connectivity index (χ2n) is 8.00. The van der Waals surface area contributed by atoms with Crippen molar-refractivity contribution in [2.45, 2.75) is 25.4 Å². The Morgan fingerprint density at radius 3 is 2.79 bits per heavy atom. The molecule has 0 aromatic carbocycles. The topological polar surface area (TPSA) is 73.2 Å². The molecule has 1 unspecified atom stereocenters. The Hall–Kier alpha value is -1.25. The number of aliphatic hydroxyl groups is 1. The lowest BCUT2D eigenvalue weighted by Crippen LogP contribution is -2.47.